The SMILES string of the molecule is O=C(Cc1ccc(-n2cnnn2)cc1)N1CC[C@]2(CCCN(CC3CC3)C2)C1. The Hall–Kier alpha value is -2.28. The molecule has 148 valence electrons. The van der Waals surface area contributed by atoms with Crippen LogP contribution < -0.4 is 0 Å². The number of nitrogens with zero attached hydrogens (tertiary/aromatic N) is 6. The Morgan fingerprint density at radius 3 is 2.71 bits per heavy atom. The summed E-state index contributed by atoms with van der Waals surface area (Å²) in [6.45, 7) is 5.58. The van der Waals surface area contributed by atoms with Crippen LogP contribution in [0.2, 0.25) is 0 Å². The predicted octanol–water partition coefficient (Wildman–Crippen LogP) is 1.93. The molecule has 1 aromatic heterocycles. The maximum Gasteiger partial charge on any atom is 0.227 e. The van der Waals surface area contributed by atoms with Crippen LogP contribution in [0.15, 0.2) is 30.6 Å². The van der Waals surface area contributed by atoms with Crippen molar-refractivity contribution in [2.24, 2.45) is 11.3 Å². The topological polar surface area (TPSA) is 67.2 Å². The van der Waals surface area contributed by atoms with Crippen molar-refractivity contribution in [2.45, 2.75) is 38.5 Å². The van der Waals surface area contributed by atoms with Gasteiger partial charge in [0.2, 0.25) is 5.91 Å². The fourth-order valence-electron chi connectivity index (χ4n) is 4.95. The summed E-state index contributed by atoms with van der Waals surface area (Å²) in [5.41, 5.74) is 2.29. The van der Waals surface area contributed by atoms with Crippen molar-refractivity contribution in [1.29, 1.82) is 0 Å². The van der Waals surface area contributed by atoms with Crippen LogP contribution in [0.4, 0.5) is 0 Å². The molecule has 2 aliphatic heterocycles. The highest BCUT2D eigenvalue weighted by Crippen LogP contribution is 2.40. The predicted molar refractivity (Wildman–Crippen MR) is 105 cm³/mol. The summed E-state index contributed by atoms with van der Waals surface area (Å²) in [7, 11) is 0. The molecular formula is C21H28N6O. The van der Waals surface area contributed by atoms with E-state index >= 15 is 0 Å². The molecule has 0 bridgehead atoms. The molecule has 1 aliphatic carbocycles. The Morgan fingerprint density at radius 1 is 1.11 bits per heavy atom. The van der Waals surface area contributed by atoms with Gasteiger partial charge >= 0.3 is 0 Å². The number of carbonyl (C=O) groups excluding carboxylic acids is 1. The van der Waals surface area contributed by atoms with E-state index < -0.39 is 0 Å². The van der Waals surface area contributed by atoms with E-state index in [0.717, 1.165) is 36.7 Å². The molecule has 3 fully saturated rings. The number of piperidine rings is 1. The second-order valence-corrected chi connectivity index (χ2v) is 8.94. The number of likely N-dealkylation sites (tertiary alicyclic amines) is 2. The van der Waals surface area contributed by atoms with E-state index in [4.69, 9.17) is 0 Å². The number of benzene rings is 1. The van der Waals surface area contributed by atoms with E-state index in [1.165, 1.54) is 45.3 Å². The summed E-state index contributed by atoms with van der Waals surface area (Å²) < 4.78 is 1.62. The Bertz CT molecular complexity index is 816. The Labute approximate surface area is 165 Å². The van der Waals surface area contributed by atoms with Gasteiger partial charge in [-0.3, -0.25) is 4.79 Å². The van der Waals surface area contributed by atoms with Crippen LogP contribution in [-0.2, 0) is 11.2 Å². The molecule has 0 N–H and O–H groups in total. The first-order chi connectivity index (χ1) is 13.7. The average Bonchev–Trinajstić information content (AvgIpc) is 3.18. The summed E-state index contributed by atoms with van der Waals surface area (Å²) in [5, 5.41) is 11.2. The zero-order valence-electron chi connectivity index (χ0n) is 16.3. The van der Waals surface area contributed by atoms with Crippen LogP contribution in [0.5, 0.6) is 0 Å². The van der Waals surface area contributed by atoms with Crippen molar-refractivity contribution in [3.8, 4) is 5.69 Å². The third kappa shape index (κ3) is 3.81. The second-order valence-electron chi connectivity index (χ2n) is 8.94. The minimum atomic E-state index is 0.256. The summed E-state index contributed by atoms with van der Waals surface area (Å²) >= 11 is 0. The summed E-state index contributed by atoms with van der Waals surface area (Å²) in [6.07, 6.45) is 8.60. The zero-order valence-corrected chi connectivity index (χ0v) is 16.3. The van der Waals surface area contributed by atoms with Crippen molar-refractivity contribution < 1.29 is 4.79 Å². The van der Waals surface area contributed by atoms with Crippen LogP contribution in [-0.4, -0.2) is 68.6 Å². The monoisotopic (exact) mass is 380 g/mol. The van der Waals surface area contributed by atoms with Gasteiger partial charge in [0.25, 0.3) is 0 Å². The molecular weight excluding hydrogens is 352 g/mol. The molecule has 1 aromatic carbocycles. The van der Waals surface area contributed by atoms with E-state index in [-0.39, 0.29) is 5.91 Å². The molecule has 1 spiro atoms. The average molecular weight is 380 g/mol. The van der Waals surface area contributed by atoms with Crippen molar-refractivity contribution in [3.63, 3.8) is 0 Å². The third-order valence-electron chi connectivity index (χ3n) is 6.65. The minimum absolute atomic E-state index is 0.256. The van der Waals surface area contributed by atoms with Gasteiger partial charge in [-0.2, -0.15) is 0 Å². The summed E-state index contributed by atoms with van der Waals surface area (Å²) in [5.74, 6) is 1.21. The number of hydrogen-bond acceptors (Lipinski definition) is 5. The van der Waals surface area contributed by atoms with Gasteiger partial charge in [0.15, 0.2) is 0 Å². The molecule has 3 aliphatic rings. The highest BCUT2D eigenvalue weighted by molar-refractivity contribution is 5.79. The van der Waals surface area contributed by atoms with Gasteiger partial charge in [-0.05, 0) is 72.7 Å². The number of hydrogen-bond donors (Lipinski definition) is 0. The first-order valence-electron chi connectivity index (χ1n) is 10.5. The van der Waals surface area contributed by atoms with Crippen LogP contribution in [0.1, 0.15) is 37.7 Å². The molecule has 7 nitrogen and oxygen atoms in total. The number of amides is 1. The molecule has 1 atom stereocenters. The summed E-state index contributed by atoms with van der Waals surface area (Å²) in [4.78, 5) is 17.7. The van der Waals surface area contributed by atoms with Crippen molar-refractivity contribution in [2.75, 3.05) is 32.7 Å². The number of aromatic nitrogens is 4. The molecule has 2 saturated heterocycles. The molecule has 2 aromatic rings. The third-order valence-corrected chi connectivity index (χ3v) is 6.65. The Morgan fingerprint density at radius 2 is 1.96 bits per heavy atom. The normalized spacial score (nSPS) is 25.5. The van der Waals surface area contributed by atoms with Gasteiger partial charge < -0.3 is 9.80 Å². The molecule has 28 heavy (non-hydrogen) atoms. The Kier molecular flexibility index (Phi) is 4.62. The molecule has 1 amide bonds. The van der Waals surface area contributed by atoms with E-state index in [1.54, 1.807) is 11.0 Å². The molecule has 0 radical (unpaired) electrons. The highest BCUT2D eigenvalue weighted by atomic mass is 16.2. The van der Waals surface area contributed by atoms with E-state index in [0.29, 0.717) is 11.8 Å². The molecule has 0 unspecified atom stereocenters. The quantitative estimate of drug-likeness (QED) is 0.793. The molecule has 7 heteroatoms. The van der Waals surface area contributed by atoms with Gasteiger partial charge in [-0.1, -0.05) is 12.1 Å². The lowest BCUT2D eigenvalue weighted by atomic mass is 9.79. The zero-order chi connectivity index (χ0) is 19.0. The lowest BCUT2D eigenvalue weighted by Crippen LogP contribution is -2.46. The minimum Gasteiger partial charge on any atom is -0.342 e. The van der Waals surface area contributed by atoms with Gasteiger partial charge in [0, 0.05) is 31.6 Å². The lowest BCUT2D eigenvalue weighted by Gasteiger charge is -2.40. The van der Waals surface area contributed by atoms with Crippen LogP contribution in [0.3, 0.4) is 0 Å². The van der Waals surface area contributed by atoms with E-state index in [1.807, 2.05) is 24.3 Å². The first kappa shape index (κ1) is 17.8. The fraction of sp³-hybridized carbons (Fsp3) is 0.619. The van der Waals surface area contributed by atoms with E-state index in [2.05, 4.69) is 25.3 Å². The fourth-order valence-corrected chi connectivity index (χ4v) is 4.95. The maximum absolute atomic E-state index is 12.9. The Balaban J connectivity index is 1.18. The smallest absolute Gasteiger partial charge is 0.227 e. The standard InChI is InChI=1S/C21H28N6O/c28-20(12-17-4-6-19(7-5-17)27-16-22-23-24-27)26-11-9-21(15-26)8-1-10-25(14-21)13-18-2-3-18/h4-7,16,18H,1-3,8-15H2/t21-/m0/s1. The highest BCUT2D eigenvalue weighted by Gasteiger charge is 2.43. The van der Waals surface area contributed by atoms with Gasteiger partial charge in [-0.15, -0.1) is 5.10 Å². The van der Waals surface area contributed by atoms with Crippen LogP contribution >= 0.6 is 0 Å². The van der Waals surface area contributed by atoms with Crippen LogP contribution in [0.25, 0.3) is 5.69 Å². The second kappa shape index (κ2) is 7.28. The molecule has 5 rings (SSSR count). The molecule has 3 heterocycles. The number of tetrazole rings is 1. The number of carbonyl (C=O) groups is 1. The molecule has 1 saturated carbocycles. The maximum atomic E-state index is 12.9. The lowest BCUT2D eigenvalue weighted by molar-refractivity contribution is -0.130. The first-order valence-corrected chi connectivity index (χ1v) is 10.5. The van der Waals surface area contributed by atoms with Gasteiger partial charge in [0.05, 0.1) is 12.1 Å². The van der Waals surface area contributed by atoms with Crippen molar-refractivity contribution >= 4 is 5.91 Å². The van der Waals surface area contributed by atoms with Crippen molar-refractivity contribution in [3.05, 3.63) is 36.2 Å². The van der Waals surface area contributed by atoms with Crippen molar-refractivity contribution in [1.82, 2.24) is 30.0 Å². The summed E-state index contributed by atoms with van der Waals surface area (Å²) in [6, 6.07) is 7.92. The van der Waals surface area contributed by atoms with Gasteiger partial charge in [0.1, 0.15) is 6.33 Å². The number of rotatable bonds is 5. The largest absolute Gasteiger partial charge is 0.342 e. The van der Waals surface area contributed by atoms with E-state index in [9.17, 15) is 4.79 Å². The van der Waals surface area contributed by atoms with Crippen LogP contribution in [0, 0.1) is 11.3 Å². The van der Waals surface area contributed by atoms with Gasteiger partial charge in [-0.25, -0.2) is 4.68 Å².